The first-order valence-corrected chi connectivity index (χ1v) is 9.36. The Morgan fingerprint density at radius 2 is 1.88 bits per heavy atom. The summed E-state index contributed by atoms with van der Waals surface area (Å²) in [5.41, 5.74) is 2.01. The minimum atomic E-state index is -0.0874. The first-order valence-electron chi connectivity index (χ1n) is 9.36. The Hall–Kier alpha value is -1.91. The van der Waals surface area contributed by atoms with Gasteiger partial charge in [-0.25, -0.2) is 9.97 Å². The zero-order valence-electron chi connectivity index (χ0n) is 14.4. The normalized spacial score (nSPS) is 18.8. The molecule has 2 N–H and O–H groups in total. The number of allylic oxidation sites excluding steroid dienone is 1. The zero-order chi connectivity index (χ0) is 16.6. The number of nitrogens with one attached hydrogen (secondary N) is 2. The van der Waals surface area contributed by atoms with Crippen LogP contribution in [0.1, 0.15) is 74.6 Å². The highest BCUT2D eigenvalue weighted by atomic mass is 16.1. The van der Waals surface area contributed by atoms with Gasteiger partial charge in [0.15, 0.2) is 0 Å². The van der Waals surface area contributed by atoms with Crippen LogP contribution in [0.5, 0.6) is 0 Å². The van der Waals surface area contributed by atoms with Gasteiger partial charge in [0, 0.05) is 25.0 Å². The van der Waals surface area contributed by atoms with Gasteiger partial charge in [0.2, 0.25) is 5.95 Å². The van der Waals surface area contributed by atoms with E-state index in [4.69, 9.17) is 0 Å². The molecule has 130 valence electrons. The lowest BCUT2D eigenvalue weighted by molar-refractivity contribution is 0.0953. The van der Waals surface area contributed by atoms with Crippen molar-refractivity contribution in [3.8, 4) is 0 Å². The van der Waals surface area contributed by atoms with E-state index in [1.165, 1.54) is 63.4 Å². The van der Waals surface area contributed by atoms with Crippen LogP contribution in [0.2, 0.25) is 0 Å². The van der Waals surface area contributed by atoms with E-state index >= 15 is 0 Å². The molecule has 0 spiro atoms. The third-order valence-electron chi connectivity index (χ3n) is 4.97. The lowest BCUT2D eigenvalue weighted by atomic mass is 9.96. The number of carbonyl (C=O) groups is 1. The van der Waals surface area contributed by atoms with Gasteiger partial charge in [-0.05, 0) is 44.9 Å². The summed E-state index contributed by atoms with van der Waals surface area (Å²) in [6.07, 6.45) is 17.7. The second kappa shape index (κ2) is 8.81. The number of aromatic nitrogens is 2. The van der Waals surface area contributed by atoms with Crippen LogP contribution in [0.4, 0.5) is 5.95 Å². The number of rotatable bonds is 6. The second-order valence-corrected chi connectivity index (χ2v) is 6.89. The minimum Gasteiger partial charge on any atom is -0.352 e. The Morgan fingerprint density at radius 1 is 1.08 bits per heavy atom. The molecule has 0 bridgehead atoms. The highest BCUT2D eigenvalue weighted by Gasteiger charge is 2.14. The number of carbonyl (C=O) groups excluding carboxylic acids is 1. The summed E-state index contributed by atoms with van der Waals surface area (Å²) >= 11 is 0. The maximum atomic E-state index is 12.2. The molecule has 2 aliphatic carbocycles. The van der Waals surface area contributed by atoms with Crippen LogP contribution in [-0.2, 0) is 0 Å². The molecule has 1 aromatic heterocycles. The van der Waals surface area contributed by atoms with Crippen molar-refractivity contribution < 1.29 is 4.79 Å². The molecule has 1 aromatic rings. The Kier molecular flexibility index (Phi) is 6.21. The van der Waals surface area contributed by atoms with Crippen molar-refractivity contribution in [2.75, 3.05) is 11.9 Å². The fourth-order valence-corrected chi connectivity index (χ4v) is 3.52. The van der Waals surface area contributed by atoms with Gasteiger partial charge in [-0.2, -0.15) is 0 Å². The lowest BCUT2D eigenvalue weighted by Crippen LogP contribution is -2.26. The van der Waals surface area contributed by atoms with Crippen molar-refractivity contribution in [1.82, 2.24) is 15.3 Å². The van der Waals surface area contributed by atoms with Gasteiger partial charge < -0.3 is 10.6 Å². The molecule has 0 atom stereocenters. The Balaban J connectivity index is 1.43. The molecule has 1 fully saturated rings. The molecule has 0 saturated heterocycles. The maximum absolute atomic E-state index is 12.2. The molecule has 2 aliphatic rings. The first-order chi connectivity index (χ1) is 11.8. The highest BCUT2D eigenvalue weighted by Crippen LogP contribution is 2.20. The van der Waals surface area contributed by atoms with Crippen LogP contribution in [0, 0.1) is 0 Å². The number of hydrogen-bond donors (Lipinski definition) is 2. The van der Waals surface area contributed by atoms with Crippen molar-refractivity contribution in [2.45, 2.75) is 70.3 Å². The summed E-state index contributed by atoms with van der Waals surface area (Å²) in [4.78, 5) is 20.8. The molecule has 0 aliphatic heterocycles. The van der Waals surface area contributed by atoms with E-state index in [1.807, 2.05) is 0 Å². The number of amides is 1. The van der Waals surface area contributed by atoms with Gasteiger partial charge in [-0.3, -0.25) is 4.79 Å². The molecule has 0 unspecified atom stereocenters. The first kappa shape index (κ1) is 16.9. The van der Waals surface area contributed by atoms with Crippen LogP contribution in [0.3, 0.4) is 0 Å². The van der Waals surface area contributed by atoms with Gasteiger partial charge in [-0.1, -0.05) is 30.9 Å². The summed E-state index contributed by atoms with van der Waals surface area (Å²) in [5, 5.41) is 6.34. The third-order valence-corrected chi connectivity index (χ3v) is 4.97. The quantitative estimate of drug-likeness (QED) is 0.779. The molecule has 5 nitrogen and oxygen atoms in total. The Morgan fingerprint density at radius 3 is 2.58 bits per heavy atom. The minimum absolute atomic E-state index is 0.0874. The van der Waals surface area contributed by atoms with Crippen LogP contribution in [-0.4, -0.2) is 28.5 Å². The molecule has 0 aromatic carbocycles. The smallest absolute Gasteiger partial charge is 0.254 e. The van der Waals surface area contributed by atoms with Crippen LogP contribution >= 0.6 is 0 Å². The Labute approximate surface area is 144 Å². The summed E-state index contributed by atoms with van der Waals surface area (Å²) in [6.45, 7) is 0.687. The Bertz CT molecular complexity index is 561. The monoisotopic (exact) mass is 328 g/mol. The van der Waals surface area contributed by atoms with Crippen LogP contribution in [0.25, 0.3) is 0 Å². The van der Waals surface area contributed by atoms with Crippen molar-refractivity contribution >= 4 is 11.9 Å². The lowest BCUT2D eigenvalue weighted by Gasteiger charge is -2.22. The fourth-order valence-electron chi connectivity index (χ4n) is 3.52. The average molecular weight is 328 g/mol. The highest BCUT2D eigenvalue weighted by molar-refractivity contribution is 5.93. The number of anilines is 1. The van der Waals surface area contributed by atoms with Gasteiger partial charge in [-0.15, -0.1) is 0 Å². The van der Waals surface area contributed by atoms with E-state index in [0.717, 1.165) is 6.42 Å². The van der Waals surface area contributed by atoms with Crippen molar-refractivity contribution in [3.05, 3.63) is 29.6 Å². The molecule has 3 rings (SSSR count). The van der Waals surface area contributed by atoms with Gasteiger partial charge in [0.1, 0.15) is 0 Å². The molecule has 1 saturated carbocycles. The van der Waals surface area contributed by atoms with Gasteiger partial charge in [0.05, 0.1) is 5.56 Å². The number of hydrogen-bond acceptors (Lipinski definition) is 4. The zero-order valence-corrected chi connectivity index (χ0v) is 14.4. The average Bonchev–Trinajstić information content (AvgIpc) is 2.64. The molecule has 1 heterocycles. The van der Waals surface area contributed by atoms with Crippen molar-refractivity contribution in [3.63, 3.8) is 0 Å². The maximum Gasteiger partial charge on any atom is 0.254 e. The van der Waals surface area contributed by atoms with E-state index < -0.39 is 0 Å². The fraction of sp³-hybridized carbons (Fsp3) is 0.632. The van der Waals surface area contributed by atoms with Gasteiger partial charge in [0.25, 0.3) is 5.91 Å². The molecule has 0 radical (unpaired) electrons. The topological polar surface area (TPSA) is 66.9 Å². The van der Waals surface area contributed by atoms with Gasteiger partial charge >= 0.3 is 0 Å². The summed E-state index contributed by atoms with van der Waals surface area (Å²) in [7, 11) is 0. The second-order valence-electron chi connectivity index (χ2n) is 6.89. The predicted octanol–water partition coefficient (Wildman–Crippen LogP) is 3.84. The SMILES string of the molecule is O=C(NCCC1=CCCCC1)c1cnc(NC2CCCCC2)nc1. The van der Waals surface area contributed by atoms with Crippen LogP contribution < -0.4 is 10.6 Å². The summed E-state index contributed by atoms with van der Waals surface area (Å²) in [5.74, 6) is 0.543. The standard InChI is InChI=1S/C19H28N4O/c24-18(20-12-11-15-7-3-1-4-8-15)16-13-21-19(22-14-16)23-17-9-5-2-6-10-17/h7,13-14,17H,1-6,8-12H2,(H,20,24)(H,21,22,23). The third kappa shape index (κ3) is 5.05. The van der Waals surface area contributed by atoms with Crippen molar-refractivity contribution in [2.24, 2.45) is 0 Å². The van der Waals surface area contributed by atoms with E-state index in [-0.39, 0.29) is 5.91 Å². The summed E-state index contributed by atoms with van der Waals surface area (Å²) < 4.78 is 0. The molecule has 24 heavy (non-hydrogen) atoms. The van der Waals surface area contributed by atoms with E-state index in [9.17, 15) is 4.79 Å². The van der Waals surface area contributed by atoms with E-state index in [0.29, 0.717) is 24.1 Å². The summed E-state index contributed by atoms with van der Waals surface area (Å²) in [6, 6.07) is 0.474. The molecular weight excluding hydrogens is 300 g/mol. The number of nitrogens with zero attached hydrogens (tertiary/aromatic N) is 2. The van der Waals surface area contributed by atoms with Crippen molar-refractivity contribution in [1.29, 1.82) is 0 Å². The molecular formula is C19H28N4O. The van der Waals surface area contributed by atoms with E-state index in [1.54, 1.807) is 12.4 Å². The predicted molar refractivity (Wildman–Crippen MR) is 96.0 cm³/mol. The molecule has 5 heteroatoms. The molecule has 1 amide bonds. The largest absolute Gasteiger partial charge is 0.352 e. The van der Waals surface area contributed by atoms with E-state index in [2.05, 4.69) is 26.7 Å². The van der Waals surface area contributed by atoms with Crippen LogP contribution in [0.15, 0.2) is 24.0 Å².